The number of benzene rings is 1. The lowest BCUT2D eigenvalue weighted by molar-refractivity contribution is 0.0326. The molecule has 1 rings (SSSR count). The van der Waals surface area contributed by atoms with E-state index in [0.29, 0.717) is 5.56 Å². The van der Waals surface area contributed by atoms with E-state index in [0.717, 1.165) is 0 Å². The van der Waals surface area contributed by atoms with Crippen LogP contribution in [0.1, 0.15) is 66.8 Å². The second kappa shape index (κ2) is 7.94. The van der Waals surface area contributed by atoms with Crippen LogP contribution in [0, 0.1) is 0 Å². The number of ether oxygens (including phenoxy) is 2. The van der Waals surface area contributed by atoms with E-state index in [4.69, 9.17) is 9.47 Å². The maximum atomic E-state index is 12.4. The van der Waals surface area contributed by atoms with Gasteiger partial charge in [0.25, 0.3) is 0 Å². The van der Waals surface area contributed by atoms with Gasteiger partial charge in [0.15, 0.2) is 0 Å². The largest absolute Gasteiger partial charge is 0.459 e. The number of carbonyl (C=O) groups excluding carboxylic acids is 2. The molecule has 1 aromatic rings. The molecule has 5 nitrogen and oxygen atoms in total. The fourth-order valence-corrected chi connectivity index (χ4v) is 2.03. The Morgan fingerprint density at radius 1 is 1.00 bits per heavy atom. The van der Waals surface area contributed by atoms with Crippen LogP contribution in [-0.2, 0) is 9.47 Å². The third-order valence-electron chi connectivity index (χ3n) is 3.01. The first kappa shape index (κ1) is 18.2. The SMILES string of the molecule is CC(C)OC(=O)c1cccc(C(C)CO)c1C(=O)OC(C)C. The van der Waals surface area contributed by atoms with Crippen LogP contribution in [0.3, 0.4) is 0 Å². The van der Waals surface area contributed by atoms with Crippen LogP contribution < -0.4 is 0 Å². The molecule has 0 fully saturated rings. The van der Waals surface area contributed by atoms with Gasteiger partial charge in [0.2, 0.25) is 0 Å². The summed E-state index contributed by atoms with van der Waals surface area (Å²) < 4.78 is 10.4. The van der Waals surface area contributed by atoms with Crippen molar-refractivity contribution in [3.63, 3.8) is 0 Å². The molecule has 122 valence electrons. The number of hydrogen-bond donors (Lipinski definition) is 1. The summed E-state index contributed by atoms with van der Waals surface area (Å²) >= 11 is 0. The number of aliphatic hydroxyl groups excluding tert-OH is 1. The highest BCUT2D eigenvalue weighted by atomic mass is 16.5. The van der Waals surface area contributed by atoms with Crippen LogP contribution in [0.5, 0.6) is 0 Å². The molecule has 0 saturated carbocycles. The van der Waals surface area contributed by atoms with E-state index in [1.54, 1.807) is 46.8 Å². The molecule has 0 radical (unpaired) electrons. The van der Waals surface area contributed by atoms with Crippen molar-refractivity contribution in [2.75, 3.05) is 6.61 Å². The molecule has 0 aliphatic carbocycles. The Bertz CT molecular complexity index is 534. The summed E-state index contributed by atoms with van der Waals surface area (Å²) in [6, 6.07) is 4.92. The highest BCUT2D eigenvalue weighted by Crippen LogP contribution is 2.25. The molecule has 0 aliphatic heterocycles. The lowest BCUT2D eigenvalue weighted by Crippen LogP contribution is -2.21. The third kappa shape index (κ3) is 4.56. The summed E-state index contributed by atoms with van der Waals surface area (Å²) in [4.78, 5) is 24.6. The Kier molecular flexibility index (Phi) is 6.56. The zero-order valence-electron chi connectivity index (χ0n) is 13.8. The van der Waals surface area contributed by atoms with Gasteiger partial charge in [0, 0.05) is 12.5 Å². The Hall–Kier alpha value is -1.88. The van der Waals surface area contributed by atoms with Crippen LogP contribution >= 0.6 is 0 Å². The number of carbonyl (C=O) groups is 2. The Labute approximate surface area is 131 Å². The molecule has 5 heteroatoms. The van der Waals surface area contributed by atoms with E-state index in [9.17, 15) is 14.7 Å². The van der Waals surface area contributed by atoms with Crippen molar-refractivity contribution >= 4 is 11.9 Å². The van der Waals surface area contributed by atoms with Crippen molar-refractivity contribution in [1.29, 1.82) is 0 Å². The summed E-state index contributed by atoms with van der Waals surface area (Å²) in [7, 11) is 0. The van der Waals surface area contributed by atoms with Gasteiger partial charge in [-0.05, 0) is 39.3 Å². The summed E-state index contributed by atoms with van der Waals surface area (Å²) in [5.41, 5.74) is 0.909. The van der Waals surface area contributed by atoms with Crippen LogP contribution in [0.4, 0.5) is 0 Å². The minimum atomic E-state index is -0.582. The predicted octanol–water partition coefficient (Wildman–Crippen LogP) is 2.91. The van der Waals surface area contributed by atoms with E-state index >= 15 is 0 Å². The number of esters is 2. The minimum absolute atomic E-state index is 0.134. The smallest absolute Gasteiger partial charge is 0.339 e. The van der Waals surface area contributed by atoms with Crippen LogP contribution in [-0.4, -0.2) is 35.9 Å². The summed E-state index contributed by atoms with van der Waals surface area (Å²) in [6.07, 6.45) is -0.598. The molecule has 0 saturated heterocycles. The first-order chi connectivity index (χ1) is 10.3. The van der Waals surface area contributed by atoms with Crippen molar-refractivity contribution in [2.24, 2.45) is 0 Å². The second-order valence-electron chi connectivity index (χ2n) is 5.76. The van der Waals surface area contributed by atoms with Gasteiger partial charge >= 0.3 is 11.9 Å². The topological polar surface area (TPSA) is 72.8 Å². The van der Waals surface area contributed by atoms with Crippen molar-refractivity contribution in [1.82, 2.24) is 0 Å². The van der Waals surface area contributed by atoms with Gasteiger partial charge in [-0.15, -0.1) is 0 Å². The minimum Gasteiger partial charge on any atom is -0.459 e. The molecule has 1 atom stereocenters. The van der Waals surface area contributed by atoms with E-state index in [-0.39, 0.29) is 35.9 Å². The first-order valence-electron chi connectivity index (χ1n) is 7.43. The summed E-state index contributed by atoms with van der Waals surface area (Å²) in [5, 5.41) is 9.38. The van der Waals surface area contributed by atoms with Gasteiger partial charge in [-0.25, -0.2) is 9.59 Å². The maximum Gasteiger partial charge on any atom is 0.339 e. The maximum absolute atomic E-state index is 12.4. The van der Waals surface area contributed by atoms with Gasteiger partial charge < -0.3 is 14.6 Å². The molecule has 1 N–H and O–H groups in total. The summed E-state index contributed by atoms with van der Waals surface area (Å²) in [5.74, 6) is -1.44. The molecule has 22 heavy (non-hydrogen) atoms. The molecule has 1 aromatic carbocycles. The van der Waals surface area contributed by atoms with Gasteiger partial charge in [0.1, 0.15) is 0 Å². The second-order valence-corrected chi connectivity index (χ2v) is 5.76. The fourth-order valence-electron chi connectivity index (χ4n) is 2.03. The average molecular weight is 308 g/mol. The zero-order chi connectivity index (χ0) is 16.9. The molecule has 0 amide bonds. The van der Waals surface area contributed by atoms with E-state index < -0.39 is 11.9 Å². The number of aliphatic hydroxyl groups is 1. The Morgan fingerprint density at radius 3 is 2.05 bits per heavy atom. The first-order valence-corrected chi connectivity index (χ1v) is 7.43. The fraction of sp³-hybridized carbons (Fsp3) is 0.529. The van der Waals surface area contributed by atoms with Gasteiger partial charge in [-0.2, -0.15) is 0 Å². The van der Waals surface area contributed by atoms with Crippen molar-refractivity contribution in [2.45, 2.75) is 52.7 Å². The summed E-state index contributed by atoms with van der Waals surface area (Å²) in [6.45, 7) is 8.60. The molecule has 0 spiro atoms. The highest BCUT2D eigenvalue weighted by Gasteiger charge is 2.26. The highest BCUT2D eigenvalue weighted by molar-refractivity contribution is 6.04. The van der Waals surface area contributed by atoms with Gasteiger partial charge in [0.05, 0.1) is 23.3 Å². The molecule has 0 aromatic heterocycles. The molecule has 0 aliphatic rings. The lowest BCUT2D eigenvalue weighted by atomic mass is 9.92. The van der Waals surface area contributed by atoms with Crippen LogP contribution in [0.25, 0.3) is 0 Å². The van der Waals surface area contributed by atoms with Crippen molar-refractivity contribution < 1.29 is 24.2 Å². The van der Waals surface area contributed by atoms with E-state index in [1.165, 1.54) is 6.07 Å². The molecule has 0 heterocycles. The zero-order valence-corrected chi connectivity index (χ0v) is 13.8. The Morgan fingerprint density at radius 2 is 1.55 bits per heavy atom. The van der Waals surface area contributed by atoms with E-state index in [2.05, 4.69) is 0 Å². The van der Waals surface area contributed by atoms with Crippen molar-refractivity contribution in [3.8, 4) is 0 Å². The van der Waals surface area contributed by atoms with Crippen LogP contribution in [0.2, 0.25) is 0 Å². The van der Waals surface area contributed by atoms with Crippen molar-refractivity contribution in [3.05, 3.63) is 34.9 Å². The number of hydrogen-bond acceptors (Lipinski definition) is 5. The van der Waals surface area contributed by atoms with Gasteiger partial charge in [-0.1, -0.05) is 19.1 Å². The monoisotopic (exact) mass is 308 g/mol. The molecular weight excluding hydrogens is 284 g/mol. The normalized spacial score (nSPS) is 12.4. The Balaban J connectivity index is 3.37. The number of rotatable bonds is 6. The third-order valence-corrected chi connectivity index (χ3v) is 3.01. The van der Waals surface area contributed by atoms with Crippen LogP contribution in [0.15, 0.2) is 18.2 Å². The standard InChI is InChI=1S/C17H24O5/c1-10(2)21-16(19)14-8-6-7-13(12(5)9-18)15(14)17(20)22-11(3)4/h6-8,10-12,18H,9H2,1-5H3. The average Bonchev–Trinajstić information content (AvgIpc) is 2.44. The lowest BCUT2D eigenvalue weighted by Gasteiger charge is -2.18. The van der Waals surface area contributed by atoms with E-state index in [1.807, 2.05) is 0 Å². The van der Waals surface area contributed by atoms with Gasteiger partial charge in [-0.3, -0.25) is 0 Å². The molecule has 1 unspecified atom stereocenters. The quantitative estimate of drug-likeness (QED) is 0.818. The molecular formula is C17H24O5. The predicted molar refractivity (Wildman–Crippen MR) is 83.0 cm³/mol. The molecule has 0 bridgehead atoms.